The van der Waals surface area contributed by atoms with E-state index in [-0.39, 0.29) is 18.4 Å². The largest absolute Gasteiger partial charge is 0.480 e. The van der Waals surface area contributed by atoms with Crippen LogP contribution in [0, 0.1) is 5.92 Å². The molecule has 2 aromatic carbocycles. The van der Waals surface area contributed by atoms with Crippen LogP contribution >= 0.6 is 0 Å². The molecule has 3 N–H and O–H groups in total. The Balaban J connectivity index is 1.68. The van der Waals surface area contributed by atoms with Crippen LogP contribution in [-0.4, -0.2) is 41.8 Å². The highest BCUT2D eigenvalue weighted by atomic mass is 16.5. The van der Waals surface area contributed by atoms with Crippen molar-refractivity contribution in [3.8, 4) is 11.1 Å². The van der Waals surface area contributed by atoms with Crippen LogP contribution in [0.3, 0.4) is 0 Å². The molecule has 7 nitrogen and oxygen atoms in total. The SMILES string of the molecule is CCC(C)[C@H](NC(=O)OCC1c2ccccc2-c2ccccc21)C(=O)N[C@@H](C)C(=O)O. The van der Waals surface area contributed by atoms with E-state index in [0.29, 0.717) is 6.42 Å². The van der Waals surface area contributed by atoms with E-state index < -0.39 is 30.1 Å². The summed E-state index contributed by atoms with van der Waals surface area (Å²) < 4.78 is 5.52. The molecule has 0 radical (unpaired) electrons. The summed E-state index contributed by atoms with van der Waals surface area (Å²) in [6.07, 6.45) is -0.0753. The summed E-state index contributed by atoms with van der Waals surface area (Å²) in [5.74, 6) is -1.96. The number of benzene rings is 2. The van der Waals surface area contributed by atoms with Crippen molar-refractivity contribution in [2.24, 2.45) is 5.92 Å². The highest BCUT2D eigenvalue weighted by Gasteiger charge is 2.31. The van der Waals surface area contributed by atoms with Crippen LogP contribution in [0.2, 0.25) is 0 Å². The zero-order chi connectivity index (χ0) is 22.5. The van der Waals surface area contributed by atoms with Crippen LogP contribution in [0.25, 0.3) is 11.1 Å². The van der Waals surface area contributed by atoms with Gasteiger partial charge in [0.25, 0.3) is 0 Å². The van der Waals surface area contributed by atoms with Crippen LogP contribution < -0.4 is 10.6 Å². The summed E-state index contributed by atoms with van der Waals surface area (Å²) in [4.78, 5) is 36.1. The first-order valence-corrected chi connectivity index (χ1v) is 10.5. The Morgan fingerprint density at radius 1 is 0.968 bits per heavy atom. The smallest absolute Gasteiger partial charge is 0.407 e. The van der Waals surface area contributed by atoms with Gasteiger partial charge in [0.05, 0.1) is 0 Å². The molecule has 0 bridgehead atoms. The van der Waals surface area contributed by atoms with E-state index in [1.165, 1.54) is 6.92 Å². The van der Waals surface area contributed by atoms with Gasteiger partial charge in [-0.25, -0.2) is 4.79 Å². The first kappa shape index (κ1) is 22.3. The van der Waals surface area contributed by atoms with Gasteiger partial charge in [0.1, 0.15) is 18.7 Å². The molecular weight excluding hydrogens is 396 g/mol. The van der Waals surface area contributed by atoms with Crippen LogP contribution in [0.5, 0.6) is 0 Å². The van der Waals surface area contributed by atoms with Crippen LogP contribution in [0.1, 0.15) is 44.2 Å². The molecule has 0 spiro atoms. The minimum absolute atomic E-state index is 0.0824. The summed E-state index contributed by atoms with van der Waals surface area (Å²) in [7, 11) is 0. The lowest BCUT2D eigenvalue weighted by atomic mass is 9.98. The van der Waals surface area contributed by atoms with Gasteiger partial charge in [-0.15, -0.1) is 0 Å². The average molecular weight is 424 g/mol. The van der Waals surface area contributed by atoms with E-state index in [1.807, 2.05) is 50.2 Å². The maximum atomic E-state index is 12.5. The second-order valence-electron chi connectivity index (χ2n) is 7.90. The number of aliphatic carboxylic acids is 1. The Morgan fingerprint density at radius 2 is 1.52 bits per heavy atom. The maximum absolute atomic E-state index is 12.5. The molecule has 0 heterocycles. The Kier molecular flexibility index (Phi) is 6.95. The Labute approximate surface area is 181 Å². The molecule has 1 aliphatic rings. The number of amides is 2. The number of rotatable bonds is 8. The van der Waals surface area contributed by atoms with E-state index in [9.17, 15) is 14.4 Å². The monoisotopic (exact) mass is 424 g/mol. The fraction of sp³-hybridized carbons (Fsp3) is 0.375. The number of alkyl carbamates (subject to hydrolysis) is 1. The lowest BCUT2D eigenvalue weighted by Crippen LogP contribution is -2.53. The van der Waals surface area contributed by atoms with Crippen molar-refractivity contribution in [2.75, 3.05) is 6.61 Å². The minimum atomic E-state index is -1.14. The summed E-state index contributed by atoms with van der Waals surface area (Å²) in [6.45, 7) is 5.23. The Bertz CT molecular complexity index is 928. The van der Waals surface area contributed by atoms with E-state index in [4.69, 9.17) is 9.84 Å². The topological polar surface area (TPSA) is 105 Å². The number of hydrogen-bond acceptors (Lipinski definition) is 4. The zero-order valence-corrected chi connectivity index (χ0v) is 17.9. The molecule has 164 valence electrons. The molecule has 1 unspecified atom stereocenters. The number of carboxylic acid groups (broad SMARTS) is 1. The Hall–Kier alpha value is -3.35. The molecule has 1 aliphatic carbocycles. The normalized spacial score (nSPS) is 15.2. The van der Waals surface area contributed by atoms with Gasteiger partial charge in [-0.05, 0) is 35.1 Å². The van der Waals surface area contributed by atoms with Crippen molar-refractivity contribution >= 4 is 18.0 Å². The van der Waals surface area contributed by atoms with Crippen molar-refractivity contribution in [3.63, 3.8) is 0 Å². The summed E-state index contributed by atoms with van der Waals surface area (Å²) in [6, 6.07) is 14.1. The molecule has 31 heavy (non-hydrogen) atoms. The molecule has 2 aromatic rings. The predicted molar refractivity (Wildman–Crippen MR) is 117 cm³/mol. The third-order valence-electron chi connectivity index (χ3n) is 5.84. The number of carbonyl (C=O) groups excluding carboxylic acids is 2. The molecule has 7 heteroatoms. The first-order valence-electron chi connectivity index (χ1n) is 10.5. The standard InChI is InChI=1S/C24H28N2O5/c1-4-14(2)21(22(27)25-15(3)23(28)29)26-24(30)31-13-20-18-11-7-5-9-16(18)17-10-6-8-12-19(17)20/h5-12,14-15,20-21H,4,13H2,1-3H3,(H,25,27)(H,26,30)(H,28,29)/t14?,15-,21-/m0/s1. The van der Waals surface area contributed by atoms with Gasteiger partial charge >= 0.3 is 12.1 Å². The highest BCUT2D eigenvalue weighted by Crippen LogP contribution is 2.44. The zero-order valence-electron chi connectivity index (χ0n) is 17.9. The second-order valence-corrected chi connectivity index (χ2v) is 7.90. The number of ether oxygens (including phenoxy) is 1. The van der Waals surface area contributed by atoms with E-state index >= 15 is 0 Å². The minimum Gasteiger partial charge on any atom is -0.480 e. The Morgan fingerprint density at radius 3 is 2.03 bits per heavy atom. The quantitative estimate of drug-likeness (QED) is 0.601. The average Bonchev–Trinajstić information content (AvgIpc) is 3.09. The van der Waals surface area contributed by atoms with Crippen LogP contribution in [0.4, 0.5) is 4.79 Å². The molecule has 0 aromatic heterocycles. The number of hydrogen-bond donors (Lipinski definition) is 3. The van der Waals surface area contributed by atoms with Crippen LogP contribution in [-0.2, 0) is 14.3 Å². The molecule has 3 atom stereocenters. The lowest BCUT2D eigenvalue weighted by molar-refractivity contribution is -0.141. The maximum Gasteiger partial charge on any atom is 0.407 e. The molecule has 0 fully saturated rings. The summed E-state index contributed by atoms with van der Waals surface area (Å²) in [5.41, 5.74) is 4.46. The molecule has 2 amide bonds. The number of fused-ring (bicyclic) bond motifs is 3. The number of nitrogens with one attached hydrogen (secondary N) is 2. The van der Waals surface area contributed by atoms with Crippen molar-refractivity contribution in [3.05, 3.63) is 59.7 Å². The van der Waals surface area contributed by atoms with Gasteiger partial charge in [0.15, 0.2) is 0 Å². The first-order chi connectivity index (χ1) is 14.8. The van der Waals surface area contributed by atoms with Gasteiger partial charge in [0, 0.05) is 5.92 Å². The van der Waals surface area contributed by atoms with Gasteiger partial charge in [-0.3, -0.25) is 9.59 Å². The summed E-state index contributed by atoms with van der Waals surface area (Å²) >= 11 is 0. The van der Waals surface area contributed by atoms with Crippen molar-refractivity contribution in [1.82, 2.24) is 10.6 Å². The van der Waals surface area contributed by atoms with Gasteiger partial charge in [-0.1, -0.05) is 68.8 Å². The van der Waals surface area contributed by atoms with Gasteiger partial charge < -0.3 is 20.5 Å². The fourth-order valence-corrected chi connectivity index (χ4v) is 3.83. The molecular formula is C24H28N2O5. The molecule has 0 saturated carbocycles. The van der Waals surface area contributed by atoms with E-state index in [0.717, 1.165) is 22.3 Å². The molecule has 0 saturated heterocycles. The van der Waals surface area contributed by atoms with Crippen molar-refractivity contribution < 1.29 is 24.2 Å². The number of carbonyl (C=O) groups is 3. The van der Waals surface area contributed by atoms with Crippen molar-refractivity contribution in [1.29, 1.82) is 0 Å². The predicted octanol–water partition coefficient (Wildman–Crippen LogP) is 3.53. The fourth-order valence-electron chi connectivity index (χ4n) is 3.83. The van der Waals surface area contributed by atoms with Gasteiger partial charge in [-0.2, -0.15) is 0 Å². The number of carboxylic acids is 1. The third-order valence-corrected chi connectivity index (χ3v) is 5.84. The van der Waals surface area contributed by atoms with E-state index in [1.54, 1.807) is 0 Å². The second kappa shape index (κ2) is 9.64. The third kappa shape index (κ3) is 4.87. The highest BCUT2D eigenvalue weighted by molar-refractivity contribution is 5.89. The molecule has 3 rings (SSSR count). The van der Waals surface area contributed by atoms with E-state index in [2.05, 4.69) is 22.8 Å². The lowest BCUT2D eigenvalue weighted by Gasteiger charge is -2.24. The van der Waals surface area contributed by atoms with Crippen molar-refractivity contribution in [2.45, 2.75) is 45.2 Å². The summed E-state index contributed by atoms with van der Waals surface area (Å²) in [5, 5.41) is 14.1. The van der Waals surface area contributed by atoms with Gasteiger partial charge in [0.2, 0.25) is 5.91 Å². The molecule has 0 aliphatic heterocycles. The van der Waals surface area contributed by atoms with Crippen LogP contribution in [0.15, 0.2) is 48.5 Å².